The molecule has 1 saturated heterocycles. The lowest BCUT2D eigenvalue weighted by Gasteiger charge is -2.33. The third kappa shape index (κ3) is 3.89. The van der Waals surface area contributed by atoms with E-state index in [1.807, 2.05) is 24.7 Å². The minimum atomic E-state index is 0. The van der Waals surface area contributed by atoms with Crippen molar-refractivity contribution in [2.24, 2.45) is 4.99 Å². The van der Waals surface area contributed by atoms with E-state index >= 15 is 0 Å². The summed E-state index contributed by atoms with van der Waals surface area (Å²) in [5.41, 5.74) is 9.53. The molecule has 33 heavy (non-hydrogen) atoms. The number of rotatable bonds is 3. The standard InChI is InChI=1S/C28H27N5.H2/c1-32-12-14-33(15-13-32)28-18-20(9-11-30-28)23-17-25-24(6-8-27(25)31-19-23)21-5-7-26-22(16-21)4-2-3-10-29-26;/h2-3,5-7,9-11,16-19H,4,8,12-15H2,1H3;1H. The molecule has 4 heterocycles. The maximum Gasteiger partial charge on any atom is 0.129 e. The zero-order chi connectivity index (χ0) is 22.2. The van der Waals surface area contributed by atoms with Crippen molar-refractivity contribution in [3.05, 3.63) is 89.4 Å². The van der Waals surface area contributed by atoms with E-state index in [9.17, 15) is 0 Å². The lowest BCUT2D eigenvalue weighted by atomic mass is 9.95. The van der Waals surface area contributed by atoms with Crippen LogP contribution in [0.5, 0.6) is 0 Å². The van der Waals surface area contributed by atoms with Gasteiger partial charge in [-0.1, -0.05) is 18.2 Å². The fraction of sp³-hybridized carbons (Fsp3) is 0.250. The Morgan fingerprint density at radius 2 is 1.79 bits per heavy atom. The molecule has 2 aromatic heterocycles. The Kier molecular flexibility index (Phi) is 5.11. The third-order valence-corrected chi connectivity index (χ3v) is 6.83. The van der Waals surface area contributed by atoms with Gasteiger partial charge in [0.25, 0.3) is 0 Å². The molecule has 5 heteroatoms. The number of aromatic nitrogens is 2. The molecule has 0 spiro atoms. The highest BCUT2D eigenvalue weighted by atomic mass is 15.3. The van der Waals surface area contributed by atoms with E-state index < -0.39 is 0 Å². The van der Waals surface area contributed by atoms with Crippen molar-refractivity contribution in [3.63, 3.8) is 0 Å². The van der Waals surface area contributed by atoms with E-state index in [4.69, 9.17) is 4.98 Å². The first kappa shape index (κ1) is 20.1. The SMILES string of the molecule is CN1CCN(c2cc(-c3cnc4c(c3)C(c3ccc5c(c3)CC=CC=N5)=CC4)ccn2)CC1.[HH]. The lowest BCUT2D eigenvalue weighted by molar-refractivity contribution is 0.312. The number of hydrogen-bond acceptors (Lipinski definition) is 5. The van der Waals surface area contributed by atoms with Crippen molar-refractivity contribution in [2.45, 2.75) is 12.8 Å². The van der Waals surface area contributed by atoms with Gasteiger partial charge >= 0.3 is 0 Å². The van der Waals surface area contributed by atoms with Crippen molar-refractivity contribution >= 4 is 23.3 Å². The Morgan fingerprint density at radius 3 is 2.70 bits per heavy atom. The number of pyridine rings is 2. The van der Waals surface area contributed by atoms with Gasteiger partial charge < -0.3 is 9.80 Å². The summed E-state index contributed by atoms with van der Waals surface area (Å²) in [4.78, 5) is 18.8. The Bertz CT molecular complexity index is 1300. The summed E-state index contributed by atoms with van der Waals surface area (Å²) < 4.78 is 0. The number of hydrogen-bond donors (Lipinski definition) is 0. The second-order valence-electron chi connectivity index (χ2n) is 8.99. The van der Waals surface area contributed by atoms with Crippen LogP contribution >= 0.6 is 0 Å². The van der Waals surface area contributed by atoms with Gasteiger partial charge in [0.05, 0.1) is 11.4 Å². The summed E-state index contributed by atoms with van der Waals surface area (Å²) in [6.45, 7) is 4.17. The van der Waals surface area contributed by atoms with Gasteiger partial charge in [-0.3, -0.25) is 9.98 Å². The average Bonchev–Trinajstić information content (AvgIpc) is 3.14. The molecule has 0 radical (unpaired) electrons. The first-order chi connectivity index (χ1) is 16.2. The van der Waals surface area contributed by atoms with Crippen LogP contribution in [0, 0.1) is 0 Å². The Morgan fingerprint density at radius 1 is 0.879 bits per heavy atom. The number of fused-ring (bicyclic) bond motifs is 2. The van der Waals surface area contributed by atoms with Gasteiger partial charge in [-0.15, -0.1) is 0 Å². The molecular weight excluding hydrogens is 406 g/mol. The van der Waals surface area contributed by atoms with Crippen molar-refractivity contribution in [1.29, 1.82) is 0 Å². The van der Waals surface area contributed by atoms with Crippen LogP contribution in [0.3, 0.4) is 0 Å². The van der Waals surface area contributed by atoms with Crippen molar-refractivity contribution in [3.8, 4) is 11.1 Å². The first-order valence-corrected chi connectivity index (χ1v) is 11.7. The van der Waals surface area contributed by atoms with E-state index in [-0.39, 0.29) is 1.43 Å². The smallest absolute Gasteiger partial charge is 0.129 e. The van der Waals surface area contributed by atoms with E-state index in [1.54, 1.807) is 0 Å². The zero-order valence-corrected chi connectivity index (χ0v) is 18.9. The van der Waals surface area contributed by atoms with Gasteiger partial charge in [0.1, 0.15) is 5.82 Å². The molecule has 5 nitrogen and oxygen atoms in total. The van der Waals surface area contributed by atoms with Crippen LogP contribution in [-0.4, -0.2) is 54.3 Å². The van der Waals surface area contributed by atoms with Crippen molar-refractivity contribution in [1.82, 2.24) is 14.9 Å². The molecule has 3 aromatic rings. The quantitative estimate of drug-likeness (QED) is 0.584. The molecule has 2 aliphatic heterocycles. The number of nitrogens with zero attached hydrogens (tertiary/aromatic N) is 5. The summed E-state index contributed by atoms with van der Waals surface area (Å²) in [5, 5.41) is 0. The van der Waals surface area contributed by atoms with Gasteiger partial charge in [0.2, 0.25) is 0 Å². The van der Waals surface area contributed by atoms with Crippen LogP contribution < -0.4 is 4.90 Å². The molecule has 0 atom stereocenters. The predicted molar refractivity (Wildman–Crippen MR) is 138 cm³/mol. The predicted octanol–water partition coefficient (Wildman–Crippen LogP) is 4.94. The second-order valence-corrected chi connectivity index (χ2v) is 8.99. The number of anilines is 1. The number of piperazine rings is 1. The fourth-order valence-corrected chi connectivity index (χ4v) is 4.86. The highest BCUT2D eigenvalue weighted by Crippen LogP contribution is 2.36. The molecule has 3 aliphatic rings. The third-order valence-electron chi connectivity index (χ3n) is 6.83. The largest absolute Gasteiger partial charge is 0.354 e. The zero-order valence-electron chi connectivity index (χ0n) is 18.9. The molecule has 0 bridgehead atoms. The summed E-state index contributed by atoms with van der Waals surface area (Å²) in [6.07, 6.45) is 14.1. The van der Waals surface area contributed by atoms with E-state index in [2.05, 4.69) is 75.4 Å². The monoisotopic (exact) mass is 435 g/mol. The Labute approximate surface area is 196 Å². The highest BCUT2D eigenvalue weighted by molar-refractivity contribution is 5.87. The molecular formula is C28H29N5. The number of allylic oxidation sites excluding steroid dienone is 3. The molecule has 0 saturated carbocycles. The average molecular weight is 436 g/mol. The number of aliphatic imine (C=N–C) groups is 1. The van der Waals surface area contributed by atoms with Crippen LogP contribution in [0.4, 0.5) is 11.5 Å². The lowest BCUT2D eigenvalue weighted by Crippen LogP contribution is -2.44. The van der Waals surface area contributed by atoms with Gasteiger partial charge in [-0.05, 0) is 72.1 Å². The maximum absolute atomic E-state index is 4.84. The van der Waals surface area contributed by atoms with E-state index in [1.165, 1.54) is 27.8 Å². The summed E-state index contributed by atoms with van der Waals surface area (Å²) >= 11 is 0. The summed E-state index contributed by atoms with van der Waals surface area (Å²) in [6, 6.07) is 13.2. The summed E-state index contributed by atoms with van der Waals surface area (Å²) in [5.74, 6) is 1.05. The Hall–Kier alpha value is -3.57. The van der Waals surface area contributed by atoms with Gasteiger partial charge in [0.15, 0.2) is 0 Å². The molecule has 0 amide bonds. The van der Waals surface area contributed by atoms with Gasteiger partial charge in [-0.25, -0.2) is 4.98 Å². The molecule has 166 valence electrons. The maximum atomic E-state index is 4.84. The highest BCUT2D eigenvalue weighted by Gasteiger charge is 2.20. The van der Waals surface area contributed by atoms with Crippen LogP contribution in [0.15, 0.2) is 72.0 Å². The van der Waals surface area contributed by atoms with E-state index in [0.717, 1.165) is 61.8 Å². The molecule has 1 aromatic carbocycles. The van der Waals surface area contributed by atoms with Crippen LogP contribution in [0.25, 0.3) is 16.7 Å². The van der Waals surface area contributed by atoms with Crippen LogP contribution in [-0.2, 0) is 12.8 Å². The van der Waals surface area contributed by atoms with Gasteiger partial charge in [-0.2, -0.15) is 0 Å². The van der Waals surface area contributed by atoms with Crippen LogP contribution in [0.2, 0.25) is 0 Å². The van der Waals surface area contributed by atoms with Crippen molar-refractivity contribution < 1.29 is 1.43 Å². The second kappa shape index (κ2) is 8.41. The minimum Gasteiger partial charge on any atom is -0.354 e. The number of benzene rings is 1. The Balaban J connectivity index is 0.00000241. The van der Waals surface area contributed by atoms with Gasteiger partial charge in [0, 0.05) is 63.8 Å². The first-order valence-electron chi connectivity index (χ1n) is 11.7. The molecule has 1 aliphatic carbocycles. The van der Waals surface area contributed by atoms with E-state index in [0.29, 0.717) is 0 Å². The number of likely N-dealkylation sites (N-methyl/N-ethyl adjacent to an activating group) is 1. The minimum absolute atomic E-state index is 0. The normalized spacial score (nSPS) is 17.5. The fourth-order valence-electron chi connectivity index (χ4n) is 4.86. The topological polar surface area (TPSA) is 44.6 Å². The van der Waals surface area contributed by atoms with Crippen LogP contribution in [0.1, 0.15) is 23.8 Å². The summed E-state index contributed by atoms with van der Waals surface area (Å²) in [7, 11) is 2.18. The molecule has 6 rings (SSSR count). The van der Waals surface area contributed by atoms with Crippen molar-refractivity contribution in [2.75, 3.05) is 38.1 Å². The molecule has 0 N–H and O–H groups in total. The molecule has 0 unspecified atom stereocenters. The molecule has 1 fully saturated rings.